The molecule has 0 bridgehead atoms. The molecular formula is C17H17Br2NO. The molecule has 0 aliphatic rings. The van der Waals surface area contributed by atoms with Crippen molar-refractivity contribution >= 4 is 37.5 Å². The summed E-state index contributed by atoms with van der Waals surface area (Å²) in [6, 6.07) is 12.4. The molecule has 0 unspecified atom stereocenters. The molecule has 0 saturated heterocycles. The Bertz CT molecular complexity index is 623. The second-order valence-corrected chi connectivity index (χ2v) is 6.47. The van der Waals surface area contributed by atoms with Crippen molar-refractivity contribution in [3.05, 3.63) is 69.1 Å². The van der Waals surface area contributed by atoms with Crippen molar-refractivity contribution in [1.82, 2.24) is 0 Å². The van der Waals surface area contributed by atoms with Crippen molar-refractivity contribution in [1.29, 1.82) is 0 Å². The highest BCUT2D eigenvalue weighted by molar-refractivity contribution is 9.11. The standard InChI is InChI=1S/C17H17Br2NO/c1-3-8-21-17-13(9-14(18)10-16(17)19)11-20-15-6-4-12(2)5-7-15/h3-7,9-10,20H,1,8,11H2,2H3. The van der Waals surface area contributed by atoms with Gasteiger partial charge in [0.1, 0.15) is 12.4 Å². The summed E-state index contributed by atoms with van der Waals surface area (Å²) in [4.78, 5) is 0. The van der Waals surface area contributed by atoms with Crippen LogP contribution in [0.4, 0.5) is 5.69 Å². The number of anilines is 1. The third-order valence-electron chi connectivity index (χ3n) is 2.97. The molecule has 0 heterocycles. The molecule has 1 N–H and O–H groups in total. The van der Waals surface area contributed by atoms with E-state index in [2.05, 4.69) is 81.0 Å². The van der Waals surface area contributed by atoms with Crippen molar-refractivity contribution in [2.24, 2.45) is 0 Å². The molecule has 2 rings (SSSR count). The van der Waals surface area contributed by atoms with E-state index in [1.165, 1.54) is 5.56 Å². The van der Waals surface area contributed by atoms with Gasteiger partial charge in [0, 0.05) is 22.3 Å². The summed E-state index contributed by atoms with van der Waals surface area (Å²) in [5, 5.41) is 3.41. The molecule has 0 aromatic heterocycles. The van der Waals surface area contributed by atoms with E-state index < -0.39 is 0 Å². The third kappa shape index (κ3) is 4.61. The van der Waals surface area contributed by atoms with Crippen LogP contribution in [0.1, 0.15) is 11.1 Å². The Morgan fingerprint density at radius 2 is 1.90 bits per heavy atom. The highest BCUT2D eigenvalue weighted by Crippen LogP contribution is 2.33. The fourth-order valence-electron chi connectivity index (χ4n) is 1.92. The Hall–Kier alpha value is -1.26. The molecule has 0 saturated carbocycles. The van der Waals surface area contributed by atoms with Crippen molar-refractivity contribution in [2.75, 3.05) is 11.9 Å². The average Bonchev–Trinajstić information content (AvgIpc) is 2.45. The van der Waals surface area contributed by atoms with E-state index in [1.807, 2.05) is 6.07 Å². The zero-order chi connectivity index (χ0) is 15.2. The first-order chi connectivity index (χ1) is 10.1. The SMILES string of the molecule is C=CCOc1c(Br)cc(Br)cc1CNc1ccc(C)cc1. The third-order valence-corrected chi connectivity index (χ3v) is 4.01. The van der Waals surface area contributed by atoms with E-state index in [1.54, 1.807) is 6.08 Å². The maximum absolute atomic E-state index is 5.75. The number of benzene rings is 2. The van der Waals surface area contributed by atoms with Gasteiger partial charge in [-0.05, 0) is 47.1 Å². The minimum absolute atomic E-state index is 0.484. The lowest BCUT2D eigenvalue weighted by molar-refractivity contribution is 0.357. The molecule has 0 fully saturated rings. The van der Waals surface area contributed by atoms with Crippen LogP contribution in [-0.4, -0.2) is 6.61 Å². The van der Waals surface area contributed by atoms with Gasteiger partial charge in [-0.3, -0.25) is 0 Å². The number of aryl methyl sites for hydroxylation is 1. The molecule has 2 aromatic rings. The van der Waals surface area contributed by atoms with Crippen LogP contribution in [0.3, 0.4) is 0 Å². The molecule has 4 heteroatoms. The van der Waals surface area contributed by atoms with Crippen LogP contribution in [0, 0.1) is 6.92 Å². The predicted octanol–water partition coefficient (Wildman–Crippen LogP) is 5.70. The lowest BCUT2D eigenvalue weighted by Gasteiger charge is -2.14. The lowest BCUT2D eigenvalue weighted by Crippen LogP contribution is -2.04. The van der Waals surface area contributed by atoms with Crippen LogP contribution < -0.4 is 10.1 Å². The summed E-state index contributed by atoms with van der Waals surface area (Å²) in [5.41, 5.74) is 3.42. The highest BCUT2D eigenvalue weighted by Gasteiger charge is 2.10. The van der Waals surface area contributed by atoms with E-state index in [0.717, 1.165) is 25.9 Å². The fraction of sp³-hybridized carbons (Fsp3) is 0.176. The van der Waals surface area contributed by atoms with Gasteiger partial charge in [0.05, 0.1) is 4.47 Å². The number of halogens is 2. The van der Waals surface area contributed by atoms with Gasteiger partial charge in [0.2, 0.25) is 0 Å². The van der Waals surface area contributed by atoms with Gasteiger partial charge in [0.15, 0.2) is 0 Å². The summed E-state index contributed by atoms with van der Waals surface area (Å²) in [7, 11) is 0. The molecule has 0 atom stereocenters. The lowest BCUT2D eigenvalue weighted by atomic mass is 10.2. The second kappa shape index (κ2) is 7.66. The van der Waals surface area contributed by atoms with Crippen LogP contribution in [0.5, 0.6) is 5.75 Å². The van der Waals surface area contributed by atoms with Gasteiger partial charge in [-0.25, -0.2) is 0 Å². The molecule has 0 spiro atoms. The number of rotatable bonds is 6. The van der Waals surface area contributed by atoms with Gasteiger partial charge >= 0.3 is 0 Å². The van der Waals surface area contributed by atoms with E-state index in [9.17, 15) is 0 Å². The Balaban J connectivity index is 2.17. The molecule has 0 aliphatic heterocycles. The van der Waals surface area contributed by atoms with E-state index in [-0.39, 0.29) is 0 Å². The maximum Gasteiger partial charge on any atom is 0.139 e. The molecule has 21 heavy (non-hydrogen) atoms. The quantitative estimate of drug-likeness (QED) is 0.617. The van der Waals surface area contributed by atoms with Crippen LogP contribution >= 0.6 is 31.9 Å². The van der Waals surface area contributed by atoms with Crippen molar-refractivity contribution in [3.63, 3.8) is 0 Å². The highest BCUT2D eigenvalue weighted by atomic mass is 79.9. The number of ether oxygens (including phenoxy) is 1. The van der Waals surface area contributed by atoms with Crippen molar-refractivity contribution in [3.8, 4) is 5.75 Å². The van der Waals surface area contributed by atoms with Gasteiger partial charge in [-0.1, -0.05) is 46.3 Å². The first-order valence-electron chi connectivity index (χ1n) is 6.62. The Morgan fingerprint density at radius 1 is 1.19 bits per heavy atom. The van der Waals surface area contributed by atoms with E-state index in [0.29, 0.717) is 13.2 Å². The Kier molecular flexibility index (Phi) is 5.88. The van der Waals surface area contributed by atoms with Crippen LogP contribution in [0.2, 0.25) is 0 Å². The van der Waals surface area contributed by atoms with E-state index in [4.69, 9.17) is 4.74 Å². The Morgan fingerprint density at radius 3 is 2.57 bits per heavy atom. The molecule has 110 valence electrons. The topological polar surface area (TPSA) is 21.3 Å². The molecular weight excluding hydrogens is 394 g/mol. The molecule has 2 aromatic carbocycles. The second-order valence-electron chi connectivity index (χ2n) is 4.70. The zero-order valence-electron chi connectivity index (χ0n) is 11.8. The van der Waals surface area contributed by atoms with Crippen molar-refractivity contribution < 1.29 is 4.74 Å². The van der Waals surface area contributed by atoms with E-state index >= 15 is 0 Å². The average molecular weight is 411 g/mol. The summed E-state index contributed by atoms with van der Waals surface area (Å²) in [6.07, 6.45) is 1.74. The van der Waals surface area contributed by atoms with Crippen LogP contribution in [0.15, 0.2) is 58.0 Å². The minimum Gasteiger partial charge on any atom is -0.488 e. The van der Waals surface area contributed by atoms with Gasteiger partial charge in [-0.2, -0.15) is 0 Å². The first kappa shape index (κ1) is 16.1. The number of nitrogens with one attached hydrogen (secondary N) is 1. The monoisotopic (exact) mass is 409 g/mol. The normalized spacial score (nSPS) is 10.2. The Labute approximate surface area is 142 Å². The molecule has 2 nitrogen and oxygen atoms in total. The summed E-state index contributed by atoms with van der Waals surface area (Å²) in [6.45, 7) is 6.94. The van der Waals surface area contributed by atoms with Gasteiger partial charge in [-0.15, -0.1) is 0 Å². The van der Waals surface area contributed by atoms with Crippen LogP contribution in [-0.2, 0) is 6.54 Å². The fourth-order valence-corrected chi connectivity index (χ4v) is 3.35. The minimum atomic E-state index is 0.484. The smallest absolute Gasteiger partial charge is 0.139 e. The van der Waals surface area contributed by atoms with Crippen LogP contribution in [0.25, 0.3) is 0 Å². The molecule has 0 radical (unpaired) electrons. The molecule has 0 amide bonds. The maximum atomic E-state index is 5.75. The summed E-state index contributed by atoms with van der Waals surface area (Å²) in [5.74, 6) is 0.845. The summed E-state index contributed by atoms with van der Waals surface area (Å²) < 4.78 is 7.70. The number of hydrogen-bond donors (Lipinski definition) is 1. The zero-order valence-corrected chi connectivity index (χ0v) is 15.0. The largest absolute Gasteiger partial charge is 0.488 e. The van der Waals surface area contributed by atoms with Crippen molar-refractivity contribution in [2.45, 2.75) is 13.5 Å². The predicted molar refractivity (Wildman–Crippen MR) is 96.0 cm³/mol. The number of hydrogen-bond acceptors (Lipinski definition) is 2. The molecule has 0 aliphatic carbocycles. The first-order valence-corrected chi connectivity index (χ1v) is 8.21. The summed E-state index contributed by atoms with van der Waals surface area (Å²) >= 11 is 7.06. The van der Waals surface area contributed by atoms with Gasteiger partial charge in [0.25, 0.3) is 0 Å². The van der Waals surface area contributed by atoms with Gasteiger partial charge < -0.3 is 10.1 Å².